The number of anilines is 1. The van der Waals surface area contributed by atoms with Gasteiger partial charge < -0.3 is 4.90 Å². The van der Waals surface area contributed by atoms with E-state index in [1.807, 2.05) is 18.2 Å². The van der Waals surface area contributed by atoms with Gasteiger partial charge in [-0.3, -0.25) is 25.0 Å². The number of hydrogen-bond donors (Lipinski definition) is 0. The Morgan fingerprint density at radius 2 is 1.71 bits per heavy atom. The summed E-state index contributed by atoms with van der Waals surface area (Å²) in [6, 6.07) is 14.9. The Balaban J connectivity index is 1.98. The van der Waals surface area contributed by atoms with Crippen molar-refractivity contribution in [2.45, 2.75) is 23.8 Å². The van der Waals surface area contributed by atoms with Crippen molar-refractivity contribution in [1.82, 2.24) is 0 Å². The number of para-hydroxylation sites is 1. The van der Waals surface area contributed by atoms with Gasteiger partial charge in [0.15, 0.2) is 0 Å². The standard InChI is InChI=1S/C20H19N3O5/c1-21-16-10-6-5-9-15(16)20(19(21)24)11-14(12-22(25)26)18(23(27)28)17(20)13-7-3-2-4-8-13/h2-10,14,17-18H,11-12H2,1H3/t14-,17-,18+,20-/m1/s1. The van der Waals surface area contributed by atoms with Crippen LogP contribution in [0.15, 0.2) is 54.6 Å². The summed E-state index contributed by atoms with van der Waals surface area (Å²) in [5.41, 5.74) is 0.908. The topological polar surface area (TPSA) is 107 Å². The molecule has 1 heterocycles. The van der Waals surface area contributed by atoms with E-state index >= 15 is 0 Å². The average Bonchev–Trinajstić information content (AvgIpc) is 3.12. The fraction of sp³-hybridized carbons (Fsp3) is 0.350. The molecule has 0 unspecified atom stereocenters. The number of likely N-dealkylation sites (N-methyl/N-ethyl adjacent to an activating group) is 1. The molecule has 28 heavy (non-hydrogen) atoms. The van der Waals surface area contributed by atoms with Crippen LogP contribution in [0.4, 0.5) is 5.69 Å². The molecule has 1 fully saturated rings. The SMILES string of the molecule is CN1C(=O)[C@]2(C[C@H](C[N+](=O)[O-])[C@H]([N+](=O)[O-])[C@H]2c2ccccc2)c2ccccc21. The van der Waals surface area contributed by atoms with Gasteiger partial charge in [0.25, 0.3) is 0 Å². The molecule has 1 saturated carbocycles. The highest BCUT2D eigenvalue weighted by molar-refractivity contribution is 6.09. The molecule has 4 rings (SSSR count). The molecule has 0 saturated heterocycles. The monoisotopic (exact) mass is 381 g/mol. The van der Waals surface area contributed by atoms with E-state index in [0.717, 1.165) is 0 Å². The van der Waals surface area contributed by atoms with Gasteiger partial charge >= 0.3 is 0 Å². The fourth-order valence-corrected chi connectivity index (χ4v) is 5.19. The maximum absolute atomic E-state index is 13.5. The van der Waals surface area contributed by atoms with E-state index in [0.29, 0.717) is 16.8 Å². The smallest absolute Gasteiger partial charge is 0.238 e. The summed E-state index contributed by atoms with van der Waals surface area (Å²) in [5.74, 6) is -1.84. The van der Waals surface area contributed by atoms with Gasteiger partial charge in [0.1, 0.15) is 0 Å². The summed E-state index contributed by atoms with van der Waals surface area (Å²) in [7, 11) is 1.65. The first-order chi connectivity index (χ1) is 13.4. The van der Waals surface area contributed by atoms with Crippen LogP contribution in [-0.2, 0) is 10.2 Å². The molecule has 1 amide bonds. The third-order valence-electron chi connectivity index (χ3n) is 6.16. The number of benzene rings is 2. The minimum Gasteiger partial charge on any atom is -0.314 e. The van der Waals surface area contributed by atoms with Crippen molar-refractivity contribution in [3.05, 3.63) is 86.0 Å². The summed E-state index contributed by atoms with van der Waals surface area (Å²) >= 11 is 0. The molecule has 1 aliphatic carbocycles. The van der Waals surface area contributed by atoms with Crippen LogP contribution in [0.2, 0.25) is 0 Å². The van der Waals surface area contributed by atoms with Crippen LogP contribution >= 0.6 is 0 Å². The molecule has 4 atom stereocenters. The molecule has 0 radical (unpaired) electrons. The number of carbonyl (C=O) groups is 1. The van der Waals surface area contributed by atoms with E-state index in [2.05, 4.69) is 0 Å². The number of carbonyl (C=O) groups excluding carboxylic acids is 1. The third kappa shape index (κ3) is 2.41. The number of nitro groups is 2. The van der Waals surface area contributed by atoms with Crippen LogP contribution < -0.4 is 4.90 Å². The third-order valence-corrected chi connectivity index (χ3v) is 6.16. The van der Waals surface area contributed by atoms with Crippen molar-refractivity contribution in [2.75, 3.05) is 18.5 Å². The average molecular weight is 381 g/mol. The lowest BCUT2D eigenvalue weighted by Gasteiger charge is -2.30. The van der Waals surface area contributed by atoms with Crippen molar-refractivity contribution >= 4 is 11.6 Å². The molecule has 8 nitrogen and oxygen atoms in total. The minimum atomic E-state index is -1.21. The first kappa shape index (κ1) is 18.1. The van der Waals surface area contributed by atoms with Crippen LogP contribution in [0.25, 0.3) is 0 Å². The van der Waals surface area contributed by atoms with E-state index in [-0.39, 0.29) is 12.3 Å². The van der Waals surface area contributed by atoms with E-state index < -0.39 is 39.7 Å². The summed E-state index contributed by atoms with van der Waals surface area (Å²) in [5, 5.41) is 23.3. The van der Waals surface area contributed by atoms with Gasteiger partial charge in [-0.25, -0.2) is 0 Å². The summed E-state index contributed by atoms with van der Waals surface area (Å²) < 4.78 is 0. The molecule has 144 valence electrons. The maximum Gasteiger partial charge on any atom is 0.238 e. The zero-order valence-electron chi connectivity index (χ0n) is 15.2. The van der Waals surface area contributed by atoms with Crippen molar-refractivity contribution < 1.29 is 14.6 Å². The van der Waals surface area contributed by atoms with Crippen LogP contribution in [0.3, 0.4) is 0 Å². The fourth-order valence-electron chi connectivity index (χ4n) is 5.19. The highest BCUT2D eigenvalue weighted by atomic mass is 16.6. The Bertz CT molecular complexity index is 963. The largest absolute Gasteiger partial charge is 0.314 e. The second kappa shape index (κ2) is 6.40. The lowest BCUT2D eigenvalue weighted by molar-refractivity contribution is -0.553. The van der Waals surface area contributed by atoms with Crippen molar-refractivity contribution in [1.29, 1.82) is 0 Å². The molecule has 8 heteroatoms. The lowest BCUT2D eigenvalue weighted by atomic mass is 9.69. The second-order valence-electron chi connectivity index (χ2n) is 7.50. The van der Waals surface area contributed by atoms with Gasteiger partial charge in [-0.2, -0.15) is 0 Å². The Labute approximate surface area is 161 Å². The van der Waals surface area contributed by atoms with Crippen LogP contribution in [0.5, 0.6) is 0 Å². The lowest BCUT2D eigenvalue weighted by Crippen LogP contribution is -2.43. The Morgan fingerprint density at radius 3 is 2.36 bits per heavy atom. The van der Waals surface area contributed by atoms with Crippen molar-refractivity contribution in [3.63, 3.8) is 0 Å². The first-order valence-electron chi connectivity index (χ1n) is 9.06. The molecule has 0 aromatic heterocycles. The summed E-state index contributed by atoms with van der Waals surface area (Å²) in [4.78, 5) is 37.4. The molecule has 1 aliphatic heterocycles. The van der Waals surface area contributed by atoms with Gasteiger partial charge in [0, 0.05) is 22.6 Å². The van der Waals surface area contributed by atoms with Gasteiger partial charge in [-0.1, -0.05) is 48.5 Å². The Morgan fingerprint density at radius 1 is 1.07 bits per heavy atom. The molecule has 0 bridgehead atoms. The zero-order chi connectivity index (χ0) is 20.1. The van der Waals surface area contributed by atoms with Gasteiger partial charge in [0.2, 0.25) is 18.5 Å². The highest BCUT2D eigenvalue weighted by Gasteiger charge is 2.68. The number of amides is 1. The van der Waals surface area contributed by atoms with Crippen LogP contribution in [-0.4, -0.2) is 35.4 Å². The van der Waals surface area contributed by atoms with Gasteiger partial charge in [0.05, 0.1) is 17.3 Å². The Kier molecular flexibility index (Phi) is 4.14. The second-order valence-corrected chi connectivity index (χ2v) is 7.50. The van der Waals surface area contributed by atoms with Gasteiger partial charge in [-0.05, 0) is 23.6 Å². The molecule has 2 aromatic rings. The van der Waals surface area contributed by atoms with Gasteiger partial charge in [-0.15, -0.1) is 0 Å². The number of fused-ring (bicyclic) bond motifs is 2. The zero-order valence-corrected chi connectivity index (χ0v) is 15.2. The first-order valence-corrected chi connectivity index (χ1v) is 9.06. The number of rotatable bonds is 4. The summed E-state index contributed by atoms with van der Waals surface area (Å²) in [6.45, 7) is -0.532. The maximum atomic E-state index is 13.5. The quantitative estimate of drug-likeness (QED) is 0.598. The van der Waals surface area contributed by atoms with E-state index in [1.54, 1.807) is 43.4 Å². The number of nitrogens with zero attached hydrogens (tertiary/aromatic N) is 3. The molecule has 1 spiro atoms. The number of hydrogen-bond acceptors (Lipinski definition) is 5. The van der Waals surface area contributed by atoms with Crippen LogP contribution in [0.1, 0.15) is 23.5 Å². The van der Waals surface area contributed by atoms with Crippen molar-refractivity contribution in [3.8, 4) is 0 Å². The molecular formula is C20H19N3O5. The van der Waals surface area contributed by atoms with E-state index in [9.17, 15) is 25.0 Å². The predicted molar refractivity (Wildman–Crippen MR) is 101 cm³/mol. The molecule has 2 aromatic carbocycles. The minimum absolute atomic E-state index is 0.0827. The normalized spacial score (nSPS) is 28.5. The van der Waals surface area contributed by atoms with E-state index in [4.69, 9.17) is 0 Å². The van der Waals surface area contributed by atoms with Crippen LogP contribution in [0, 0.1) is 26.1 Å². The predicted octanol–water partition coefficient (Wildman–Crippen LogP) is 2.63. The molecule has 0 N–H and O–H groups in total. The molecule has 2 aliphatic rings. The molecular weight excluding hydrogens is 362 g/mol. The van der Waals surface area contributed by atoms with Crippen molar-refractivity contribution in [2.24, 2.45) is 5.92 Å². The Hall–Kier alpha value is -3.29. The van der Waals surface area contributed by atoms with E-state index in [1.165, 1.54) is 4.90 Å². The summed E-state index contributed by atoms with van der Waals surface area (Å²) in [6.07, 6.45) is 0.0827. The highest BCUT2D eigenvalue weighted by Crippen LogP contribution is 2.60.